The molecule has 138 valence electrons. The van der Waals surface area contributed by atoms with Gasteiger partial charge in [-0.3, -0.25) is 4.79 Å². The molecule has 0 saturated heterocycles. The highest BCUT2D eigenvalue weighted by Gasteiger charge is 2.38. The topological polar surface area (TPSA) is 85.4 Å². The van der Waals surface area contributed by atoms with Crippen molar-refractivity contribution in [3.8, 4) is 0 Å². The molecule has 0 bridgehead atoms. The molecule has 0 saturated carbocycles. The van der Waals surface area contributed by atoms with Crippen LogP contribution in [-0.2, 0) is 6.42 Å². The quantitative estimate of drug-likeness (QED) is 0.664. The highest BCUT2D eigenvalue weighted by atomic mass is 19.1. The molecule has 0 radical (unpaired) electrons. The van der Waals surface area contributed by atoms with E-state index in [4.69, 9.17) is 0 Å². The second-order valence-corrected chi connectivity index (χ2v) is 6.74. The fourth-order valence-electron chi connectivity index (χ4n) is 3.77. The van der Waals surface area contributed by atoms with Crippen molar-refractivity contribution in [2.45, 2.75) is 18.5 Å². The number of amides is 2. The van der Waals surface area contributed by atoms with Crippen molar-refractivity contribution in [1.82, 2.24) is 15.2 Å². The Morgan fingerprint density at radius 2 is 2.00 bits per heavy atom. The fourth-order valence-corrected chi connectivity index (χ4v) is 3.77. The smallest absolute Gasteiger partial charge is 0.407 e. The first-order valence-corrected chi connectivity index (χ1v) is 8.57. The Morgan fingerprint density at radius 1 is 1.22 bits per heavy atom. The normalized spacial score (nSPS) is 18.3. The minimum absolute atomic E-state index is 0.309. The molecule has 1 aliphatic rings. The standard InChI is InChI=1S/C20H18FN3O3/c1-24(20(26)27)18-14-5-3-2-4-11(14)9-16(18)23-19(25)17-10-12-8-13(21)6-7-15(12)22-17/h2-8,10,16,18,22H,9H2,1H3,(H,23,25)(H,26,27)/t16-,18-/m1/s1. The molecule has 3 aromatic rings. The second kappa shape index (κ2) is 6.42. The molecule has 6 nitrogen and oxygen atoms in total. The minimum atomic E-state index is -1.06. The van der Waals surface area contributed by atoms with E-state index in [0.717, 1.165) is 11.1 Å². The molecule has 2 atom stereocenters. The molecule has 1 aromatic heterocycles. The molecular weight excluding hydrogens is 349 g/mol. The summed E-state index contributed by atoms with van der Waals surface area (Å²) in [6, 6.07) is 12.6. The number of carbonyl (C=O) groups is 2. The van der Waals surface area contributed by atoms with Crippen LogP contribution in [0.5, 0.6) is 0 Å². The van der Waals surface area contributed by atoms with Crippen LogP contribution >= 0.6 is 0 Å². The summed E-state index contributed by atoms with van der Waals surface area (Å²) >= 11 is 0. The number of aromatic amines is 1. The lowest BCUT2D eigenvalue weighted by Gasteiger charge is -2.28. The molecule has 3 N–H and O–H groups in total. The zero-order chi connectivity index (χ0) is 19.1. The van der Waals surface area contributed by atoms with Gasteiger partial charge in [0.2, 0.25) is 0 Å². The zero-order valence-corrected chi connectivity index (χ0v) is 14.6. The van der Waals surface area contributed by atoms with Gasteiger partial charge in [0.1, 0.15) is 11.5 Å². The van der Waals surface area contributed by atoms with Crippen molar-refractivity contribution in [3.05, 3.63) is 71.2 Å². The zero-order valence-electron chi connectivity index (χ0n) is 14.6. The van der Waals surface area contributed by atoms with Gasteiger partial charge in [0.05, 0.1) is 12.1 Å². The van der Waals surface area contributed by atoms with Gasteiger partial charge < -0.3 is 20.3 Å². The number of rotatable bonds is 3. The van der Waals surface area contributed by atoms with E-state index in [1.807, 2.05) is 24.3 Å². The van der Waals surface area contributed by atoms with Gasteiger partial charge >= 0.3 is 6.09 Å². The van der Waals surface area contributed by atoms with Crippen molar-refractivity contribution >= 4 is 22.9 Å². The third-order valence-electron chi connectivity index (χ3n) is 5.06. The number of carboxylic acid groups (broad SMARTS) is 1. The Hall–Kier alpha value is -3.35. The highest BCUT2D eigenvalue weighted by molar-refractivity contribution is 5.98. The van der Waals surface area contributed by atoms with Crippen molar-refractivity contribution in [2.24, 2.45) is 0 Å². The molecule has 1 aliphatic carbocycles. The Labute approximate surface area is 154 Å². The van der Waals surface area contributed by atoms with E-state index in [9.17, 15) is 19.1 Å². The van der Waals surface area contributed by atoms with Gasteiger partial charge in [-0.1, -0.05) is 24.3 Å². The van der Waals surface area contributed by atoms with Crippen molar-refractivity contribution in [1.29, 1.82) is 0 Å². The summed E-state index contributed by atoms with van der Waals surface area (Å²) in [6.45, 7) is 0. The third-order valence-corrected chi connectivity index (χ3v) is 5.06. The number of H-pyrrole nitrogens is 1. The summed E-state index contributed by atoms with van der Waals surface area (Å²) < 4.78 is 13.4. The van der Waals surface area contributed by atoms with E-state index >= 15 is 0 Å². The molecule has 4 rings (SSSR count). The van der Waals surface area contributed by atoms with Crippen LogP contribution in [-0.4, -0.2) is 40.1 Å². The van der Waals surface area contributed by atoms with Gasteiger partial charge in [-0.15, -0.1) is 0 Å². The van der Waals surface area contributed by atoms with E-state index in [1.54, 1.807) is 12.1 Å². The predicted octanol–water partition coefficient (Wildman–Crippen LogP) is 3.31. The molecule has 7 heteroatoms. The summed E-state index contributed by atoms with van der Waals surface area (Å²) in [5.41, 5.74) is 2.88. The van der Waals surface area contributed by atoms with Crippen LogP contribution in [0, 0.1) is 5.82 Å². The molecule has 2 aromatic carbocycles. The maximum absolute atomic E-state index is 13.4. The van der Waals surface area contributed by atoms with Gasteiger partial charge in [0.25, 0.3) is 5.91 Å². The molecule has 0 unspecified atom stereocenters. The summed E-state index contributed by atoms with van der Waals surface area (Å²) in [5, 5.41) is 13.0. The minimum Gasteiger partial charge on any atom is -0.465 e. The first-order chi connectivity index (χ1) is 12.9. The monoisotopic (exact) mass is 367 g/mol. The van der Waals surface area contributed by atoms with Crippen LogP contribution in [0.15, 0.2) is 48.5 Å². The number of benzene rings is 2. The van der Waals surface area contributed by atoms with Crippen molar-refractivity contribution < 1.29 is 19.1 Å². The number of carbonyl (C=O) groups excluding carboxylic acids is 1. The van der Waals surface area contributed by atoms with Crippen LogP contribution in [0.1, 0.15) is 27.7 Å². The van der Waals surface area contributed by atoms with Crippen LogP contribution < -0.4 is 5.32 Å². The maximum Gasteiger partial charge on any atom is 0.407 e. The summed E-state index contributed by atoms with van der Waals surface area (Å²) in [7, 11) is 1.50. The third kappa shape index (κ3) is 3.01. The summed E-state index contributed by atoms with van der Waals surface area (Å²) in [5.74, 6) is -0.726. The van der Waals surface area contributed by atoms with Gasteiger partial charge in [-0.25, -0.2) is 9.18 Å². The van der Waals surface area contributed by atoms with E-state index in [0.29, 0.717) is 23.0 Å². The molecule has 1 heterocycles. The Bertz CT molecular complexity index is 1050. The second-order valence-electron chi connectivity index (χ2n) is 6.74. The van der Waals surface area contributed by atoms with E-state index < -0.39 is 12.1 Å². The van der Waals surface area contributed by atoms with Gasteiger partial charge in [-0.05, 0) is 41.8 Å². The SMILES string of the molecule is CN(C(=O)O)[C@@H]1c2ccccc2C[C@H]1NC(=O)c1cc2cc(F)ccc2[nH]1. The average Bonchev–Trinajstić information content (AvgIpc) is 3.21. The van der Waals surface area contributed by atoms with E-state index in [-0.39, 0.29) is 17.8 Å². The molecule has 2 amide bonds. The summed E-state index contributed by atoms with van der Waals surface area (Å²) in [6.07, 6.45) is -0.518. The molecule has 0 aliphatic heterocycles. The first kappa shape index (κ1) is 17.1. The highest BCUT2D eigenvalue weighted by Crippen LogP contribution is 2.35. The van der Waals surface area contributed by atoms with Crippen LogP contribution in [0.2, 0.25) is 0 Å². The number of nitrogens with zero attached hydrogens (tertiary/aromatic N) is 1. The van der Waals surface area contributed by atoms with E-state index in [2.05, 4.69) is 10.3 Å². The number of likely N-dealkylation sites (N-methyl/N-ethyl adjacent to an activating group) is 1. The van der Waals surface area contributed by atoms with Gasteiger partial charge in [-0.2, -0.15) is 0 Å². The number of hydrogen-bond acceptors (Lipinski definition) is 2. The van der Waals surface area contributed by atoms with Gasteiger partial charge in [0.15, 0.2) is 0 Å². The summed E-state index contributed by atoms with van der Waals surface area (Å²) in [4.78, 5) is 28.5. The molecule has 0 fully saturated rings. The number of fused-ring (bicyclic) bond motifs is 2. The maximum atomic E-state index is 13.4. The van der Waals surface area contributed by atoms with Crippen LogP contribution in [0.3, 0.4) is 0 Å². The lowest BCUT2D eigenvalue weighted by molar-refractivity contribution is 0.0890. The Balaban J connectivity index is 1.62. The average molecular weight is 367 g/mol. The van der Waals surface area contributed by atoms with Crippen LogP contribution in [0.4, 0.5) is 9.18 Å². The fraction of sp³-hybridized carbons (Fsp3) is 0.200. The first-order valence-electron chi connectivity index (χ1n) is 8.57. The number of nitrogens with one attached hydrogen (secondary N) is 2. The largest absolute Gasteiger partial charge is 0.465 e. The van der Waals surface area contributed by atoms with Crippen molar-refractivity contribution in [3.63, 3.8) is 0 Å². The van der Waals surface area contributed by atoms with Gasteiger partial charge in [0, 0.05) is 18.0 Å². The van der Waals surface area contributed by atoms with Crippen molar-refractivity contribution in [2.75, 3.05) is 7.05 Å². The Kier molecular flexibility index (Phi) is 4.07. The van der Waals surface area contributed by atoms with E-state index in [1.165, 1.54) is 24.1 Å². The Morgan fingerprint density at radius 3 is 2.78 bits per heavy atom. The number of halogens is 1. The molecule has 27 heavy (non-hydrogen) atoms. The van der Waals surface area contributed by atoms with Crippen LogP contribution in [0.25, 0.3) is 10.9 Å². The number of aromatic nitrogens is 1. The molecule has 0 spiro atoms. The lowest BCUT2D eigenvalue weighted by Crippen LogP contribution is -2.44. The molecular formula is C20H18FN3O3. The predicted molar refractivity (Wildman–Crippen MR) is 98.2 cm³/mol. The lowest BCUT2D eigenvalue weighted by atomic mass is 10.1. The number of hydrogen-bond donors (Lipinski definition) is 3.